The second kappa shape index (κ2) is 8.66. The van der Waals surface area contributed by atoms with E-state index in [-0.39, 0.29) is 0 Å². The number of rotatable bonds is 5. The number of imidazole rings is 1. The van der Waals surface area contributed by atoms with Crippen molar-refractivity contribution in [3.05, 3.63) is 78.8 Å². The summed E-state index contributed by atoms with van der Waals surface area (Å²) in [6, 6.07) is 18.2. The van der Waals surface area contributed by atoms with Crippen LogP contribution in [0.1, 0.15) is 18.4 Å². The minimum atomic E-state index is 0.671. The van der Waals surface area contributed by atoms with Gasteiger partial charge in [-0.3, -0.25) is 20.0 Å². The number of nitrogens with one attached hydrogen (secondary N) is 2. The van der Waals surface area contributed by atoms with E-state index in [9.17, 15) is 0 Å². The molecule has 0 atom stereocenters. The van der Waals surface area contributed by atoms with Crippen molar-refractivity contribution in [3.8, 4) is 34.0 Å². The average molecular weight is 473 g/mol. The summed E-state index contributed by atoms with van der Waals surface area (Å²) < 4.78 is 0. The molecule has 6 aromatic rings. The van der Waals surface area contributed by atoms with E-state index in [1.807, 2.05) is 60.9 Å². The van der Waals surface area contributed by atoms with Crippen molar-refractivity contribution in [2.75, 3.05) is 13.1 Å². The van der Waals surface area contributed by atoms with Gasteiger partial charge in [0.15, 0.2) is 11.5 Å². The van der Waals surface area contributed by atoms with Gasteiger partial charge in [0, 0.05) is 36.3 Å². The Labute approximate surface area is 207 Å². The molecule has 0 amide bonds. The zero-order chi connectivity index (χ0) is 23.9. The predicted molar refractivity (Wildman–Crippen MR) is 140 cm³/mol. The van der Waals surface area contributed by atoms with Crippen molar-refractivity contribution in [1.29, 1.82) is 0 Å². The van der Waals surface area contributed by atoms with Gasteiger partial charge in [0.1, 0.15) is 5.52 Å². The summed E-state index contributed by atoms with van der Waals surface area (Å²) in [5.41, 5.74) is 9.06. The Balaban J connectivity index is 1.28. The first kappa shape index (κ1) is 20.9. The Hall–Kier alpha value is -4.43. The van der Waals surface area contributed by atoms with E-state index in [1.54, 1.807) is 6.20 Å². The van der Waals surface area contributed by atoms with Gasteiger partial charge in [0.05, 0.1) is 27.9 Å². The van der Waals surface area contributed by atoms with Crippen LogP contribution in [0.4, 0.5) is 0 Å². The molecule has 6 heterocycles. The lowest BCUT2D eigenvalue weighted by molar-refractivity contribution is 0.331. The summed E-state index contributed by atoms with van der Waals surface area (Å²) >= 11 is 0. The number of H-pyrrole nitrogens is 2. The van der Waals surface area contributed by atoms with Crippen LogP contribution in [0.2, 0.25) is 0 Å². The highest BCUT2D eigenvalue weighted by Gasteiger charge is 2.18. The summed E-state index contributed by atoms with van der Waals surface area (Å²) in [4.78, 5) is 24.8. The van der Waals surface area contributed by atoms with Gasteiger partial charge >= 0.3 is 0 Å². The minimum absolute atomic E-state index is 0.671. The molecule has 8 heteroatoms. The van der Waals surface area contributed by atoms with Gasteiger partial charge in [-0.1, -0.05) is 18.2 Å². The van der Waals surface area contributed by atoms with Crippen molar-refractivity contribution >= 4 is 22.1 Å². The number of aromatic amines is 2. The number of nitrogens with zero attached hydrogens (tertiary/aromatic N) is 6. The molecule has 36 heavy (non-hydrogen) atoms. The Kier molecular flexibility index (Phi) is 5.03. The lowest BCUT2D eigenvalue weighted by Gasteiger charge is -2.14. The van der Waals surface area contributed by atoms with Gasteiger partial charge < -0.3 is 4.98 Å². The minimum Gasteiger partial charge on any atom is -0.336 e. The highest BCUT2D eigenvalue weighted by Crippen LogP contribution is 2.31. The zero-order valence-corrected chi connectivity index (χ0v) is 19.6. The van der Waals surface area contributed by atoms with E-state index in [2.05, 4.69) is 36.1 Å². The summed E-state index contributed by atoms with van der Waals surface area (Å²) in [6.45, 7) is 3.25. The average Bonchev–Trinajstić information content (AvgIpc) is 3.68. The molecule has 1 aliphatic heterocycles. The molecule has 0 unspecified atom stereocenters. The molecule has 0 radical (unpaired) electrons. The Morgan fingerprint density at radius 2 is 1.78 bits per heavy atom. The van der Waals surface area contributed by atoms with Crippen molar-refractivity contribution < 1.29 is 0 Å². The van der Waals surface area contributed by atoms with Crippen molar-refractivity contribution in [2.45, 2.75) is 19.4 Å². The first-order chi connectivity index (χ1) is 17.8. The van der Waals surface area contributed by atoms with Crippen LogP contribution in [-0.2, 0) is 6.54 Å². The van der Waals surface area contributed by atoms with Gasteiger partial charge in [-0.15, -0.1) is 0 Å². The van der Waals surface area contributed by atoms with Gasteiger partial charge in [0.2, 0.25) is 0 Å². The second-order valence-electron chi connectivity index (χ2n) is 9.23. The molecule has 0 bridgehead atoms. The topological polar surface area (TPSA) is 99.3 Å². The maximum absolute atomic E-state index is 4.99. The molecule has 1 saturated heterocycles. The molecular formula is C28H24N8. The maximum atomic E-state index is 4.99. The highest BCUT2D eigenvalue weighted by atomic mass is 15.2. The van der Waals surface area contributed by atoms with Crippen LogP contribution >= 0.6 is 0 Å². The fourth-order valence-corrected chi connectivity index (χ4v) is 5.01. The normalized spacial score (nSPS) is 14.2. The Bertz CT molecular complexity index is 1680. The lowest BCUT2D eigenvalue weighted by Crippen LogP contribution is -2.18. The quantitative estimate of drug-likeness (QED) is 0.357. The standard InChI is InChI=1S/C28H24N8/c1-2-11-30-22(7-1)20-6-5-8-23-25(20)33-28(32-23)27-26-24(34-35-27)10-9-21(31-26)19-14-18(15-29-16-19)17-36-12-3-4-13-36/h1-2,5-11,14-16H,3-4,12-13,17H2,(H,32,33)(H,34,35). The number of aromatic nitrogens is 7. The van der Waals surface area contributed by atoms with Crippen molar-refractivity contribution in [1.82, 2.24) is 40.0 Å². The van der Waals surface area contributed by atoms with Crippen LogP contribution < -0.4 is 0 Å². The molecule has 5 aromatic heterocycles. The molecule has 8 nitrogen and oxygen atoms in total. The van der Waals surface area contributed by atoms with Crippen LogP contribution in [0.5, 0.6) is 0 Å². The van der Waals surface area contributed by atoms with Gasteiger partial charge in [-0.25, -0.2) is 9.97 Å². The molecular weight excluding hydrogens is 448 g/mol. The van der Waals surface area contributed by atoms with Crippen LogP contribution in [0.15, 0.2) is 73.2 Å². The third-order valence-corrected chi connectivity index (χ3v) is 6.78. The highest BCUT2D eigenvalue weighted by molar-refractivity contribution is 5.95. The number of hydrogen-bond donors (Lipinski definition) is 2. The molecule has 1 fully saturated rings. The summed E-state index contributed by atoms with van der Waals surface area (Å²) in [5.74, 6) is 0.671. The summed E-state index contributed by atoms with van der Waals surface area (Å²) in [5, 5.41) is 7.67. The maximum Gasteiger partial charge on any atom is 0.161 e. The molecule has 176 valence electrons. The van der Waals surface area contributed by atoms with Gasteiger partial charge in [-0.2, -0.15) is 5.10 Å². The largest absolute Gasteiger partial charge is 0.336 e. The Morgan fingerprint density at radius 3 is 2.67 bits per heavy atom. The molecule has 1 aromatic carbocycles. The van der Waals surface area contributed by atoms with E-state index in [1.165, 1.54) is 18.4 Å². The smallest absolute Gasteiger partial charge is 0.161 e. The number of fused-ring (bicyclic) bond motifs is 2. The molecule has 7 rings (SSSR count). The molecule has 0 aliphatic carbocycles. The number of benzene rings is 1. The fraction of sp³-hybridized carbons (Fsp3) is 0.179. The van der Waals surface area contributed by atoms with Crippen LogP contribution in [0.3, 0.4) is 0 Å². The zero-order valence-electron chi connectivity index (χ0n) is 19.6. The molecule has 0 saturated carbocycles. The van der Waals surface area contributed by atoms with E-state index in [0.29, 0.717) is 11.5 Å². The first-order valence-corrected chi connectivity index (χ1v) is 12.2. The van der Waals surface area contributed by atoms with Gasteiger partial charge in [-0.05, 0) is 67.9 Å². The molecule has 2 N–H and O–H groups in total. The lowest BCUT2D eigenvalue weighted by atomic mass is 10.1. The van der Waals surface area contributed by atoms with E-state index < -0.39 is 0 Å². The number of hydrogen-bond acceptors (Lipinski definition) is 6. The van der Waals surface area contributed by atoms with Gasteiger partial charge in [0.25, 0.3) is 0 Å². The van der Waals surface area contributed by atoms with Crippen molar-refractivity contribution in [3.63, 3.8) is 0 Å². The number of para-hydroxylation sites is 1. The number of likely N-dealkylation sites (tertiary alicyclic amines) is 1. The van der Waals surface area contributed by atoms with Crippen molar-refractivity contribution in [2.24, 2.45) is 0 Å². The predicted octanol–water partition coefficient (Wildman–Crippen LogP) is 5.22. The first-order valence-electron chi connectivity index (χ1n) is 12.2. The van der Waals surface area contributed by atoms with Crippen LogP contribution in [-0.4, -0.2) is 53.1 Å². The Morgan fingerprint density at radius 1 is 0.833 bits per heavy atom. The third kappa shape index (κ3) is 3.72. The molecule has 1 aliphatic rings. The fourth-order valence-electron chi connectivity index (χ4n) is 5.01. The third-order valence-electron chi connectivity index (χ3n) is 6.78. The van der Waals surface area contributed by atoms with Crippen LogP contribution in [0.25, 0.3) is 56.1 Å². The summed E-state index contributed by atoms with van der Waals surface area (Å²) in [7, 11) is 0. The second-order valence-corrected chi connectivity index (χ2v) is 9.23. The van der Waals surface area contributed by atoms with E-state index >= 15 is 0 Å². The monoisotopic (exact) mass is 472 g/mol. The SMILES string of the molecule is c1ccc(-c2cccc3[nH]c(-c4n[nH]c5ccc(-c6cncc(CN7CCCC7)c6)nc45)nc23)nc1. The summed E-state index contributed by atoms with van der Waals surface area (Å²) in [6.07, 6.45) is 8.18. The molecule has 0 spiro atoms. The number of pyridine rings is 3. The van der Waals surface area contributed by atoms with Crippen LogP contribution in [0, 0.1) is 0 Å². The van der Waals surface area contributed by atoms with E-state index in [4.69, 9.17) is 9.97 Å². The van der Waals surface area contributed by atoms with E-state index in [0.717, 1.165) is 64.2 Å².